The number of amides is 1. The molecule has 0 radical (unpaired) electrons. The highest BCUT2D eigenvalue weighted by Gasteiger charge is 2.29. The molecule has 1 aromatic heterocycles. The number of aromatic nitrogens is 2. The fourth-order valence-electron chi connectivity index (χ4n) is 5.29. The molecule has 1 saturated heterocycles. The van der Waals surface area contributed by atoms with Crippen LogP contribution < -0.4 is 14.5 Å². The van der Waals surface area contributed by atoms with Gasteiger partial charge in [0.15, 0.2) is 0 Å². The number of H-pyrrole nitrogens is 1. The van der Waals surface area contributed by atoms with E-state index >= 15 is 0 Å². The molecule has 0 saturated carbocycles. The molecular formula is C32H28N4O3. The molecule has 0 atom stereocenters. The number of ether oxygens (including phenoxy) is 2. The second-order valence-electron chi connectivity index (χ2n) is 9.92. The number of rotatable bonds is 6. The van der Waals surface area contributed by atoms with Crippen molar-refractivity contribution >= 4 is 28.3 Å². The summed E-state index contributed by atoms with van der Waals surface area (Å²) in [6.07, 6.45) is 0. The standard InChI is InChI=1S/C32H28N4O3/c37-32-28-12-8-25(35-14-16-38-17-15-35)18-24(28)20-36(32)26-9-13-29-30(19-26)34-31(33-29)23-6-10-27(11-7-23)39-21-22-4-2-1-3-5-22/h1-13,18-19H,14-17,20-21H2,(H,33,34). The van der Waals surface area contributed by atoms with Gasteiger partial charge in [-0.2, -0.15) is 0 Å². The fraction of sp³-hybridized carbons (Fsp3) is 0.188. The van der Waals surface area contributed by atoms with Crippen LogP contribution in [0.2, 0.25) is 0 Å². The number of carbonyl (C=O) groups is 1. The molecule has 0 spiro atoms. The summed E-state index contributed by atoms with van der Waals surface area (Å²) in [5, 5.41) is 0. The van der Waals surface area contributed by atoms with Crippen LogP contribution in [0.15, 0.2) is 91.0 Å². The summed E-state index contributed by atoms with van der Waals surface area (Å²) in [6.45, 7) is 4.31. The van der Waals surface area contributed by atoms with Crippen LogP contribution >= 0.6 is 0 Å². The van der Waals surface area contributed by atoms with Crippen molar-refractivity contribution < 1.29 is 14.3 Å². The van der Waals surface area contributed by atoms with Gasteiger partial charge in [0.1, 0.15) is 18.2 Å². The van der Waals surface area contributed by atoms with E-state index < -0.39 is 0 Å². The van der Waals surface area contributed by atoms with Crippen LogP contribution in [0.3, 0.4) is 0 Å². The Morgan fingerprint density at radius 3 is 2.49 bits per heavy atom. The molecule has 7 rings (SSSR count). The minimum atomic E-state index is 0.0312. The maximum Gasteiger partial charge on any atom is 0.258 e. The van der Waals surface area contributed by atoms with E-state index in [2.05, 4.69) is 16.0 Å². The summed E-state index contributed by atoms with van der Waals surface area (Å²) in [6, 6.07) is 30.2. The lowest BCUT2D eigenvalue weighted by atomic mass is 10.1. The number of benzene rings is 4. The summed E-state index contributed by atoms with van der Waals surface area (Å²) in [5.74, 6) is 1.62. The van der Waals surface area contributed by atoms with Gasteiger partial charge in [-0.05, 0) is 71.8 Å². The number of aromatic amines is 1. The molecule has 3 heterocycles. The molecule has 1 amide bonds. The van der Waals surface area contributed by atoms with Crippen molar-refractivity contribution in [2.24, 2.45) is 0 Å². The third-order valence-corrected chi connectivity index (χ3v) is 7.42. The van der Waals surface area contributed by atoms with Gasteiger partial charge in [0, 0.05) is 35.6 Å². The van der Waals surface area contributed by atoms with Crippen molar-refractivity contribution in [2.45, 2.75) is 13.2 Å². The van der Waals surface area contributed by atoms with Crippen molar-refractivity contribution in [1.82, 2.24) is 9.97 Å². The average Bonchev–Trinajstić information content (AvgIpc) is 3.57. The van der Waals surface area contributed by atoms with E-state index in [-0.39, 0.29) is 5.91 Å². The third kappa shape index (κ3) is 4.62. The van der Waals surface area contributed by atoms with Gasteiger partial charge in [-0.15, -0.1) is 0 Å². The normalized spacial score (nSPS) is 15.1. The van der Waals surface area contributed by atoms with E-state index in [1.54, 1.807) is 0 Å². The number of nitrogens with zero attached hydrogens (tertiary/aromatic N) is 3. The van der Waals surface area contributed by atoms with Crippen LogP contribution in [0.25, 0.3) is 22.4 Å². The Hall–Kier alpha value is -4.62. The molecule has 7 heteroatoms. The third-order valence-electron chi connectivity index (χ3n) is 7.42. The molecule has 39 heavy (non-hydrogen) atoms. The Balaban J connectivity index is 1.08. The number of hydrogen-bond donors (Lipinski definition) is 1. The molecule has 4 aromatic carbocycles. The van der Waals surface area contributed by atoms with Crippen molar-refractivity contribution in [3.63, 3.8) is 0 Å². The van der Waals surface area contributed by atoms with E-state index in [4.69, 9.17) is 14.5 Å². The Bertz CT molecular complexity index is 1640. The van der Waals surface area contributed by atoms with Crippen LogP contribution in [-0.4, -0.2) is 42.2 Å². The number of fused-ring (bicyclic) bond motifs is 2. The highest BCUT2D eigenvalue weighted by atomic mass is 16.5. The molecule has 2 aliphatic rings. The summed E-state index contributed by atoms with van der Waals surface area (Å²) in [4.78, 5) is 25.6. The van der Waals surface area contributed by atoms with Gasteiger partial charge in [0.2, 0.25) is 0 Å². The molecule has 2 aliphatic heterocycles. The Labute approximate surface area is 226 Å². The molecule has 194 valence electrons. The monoisotopic (exact) mass is 516 g/mol. The maximum atomic E-state index is 13.3. The summed E-state index contributed by atoms with van der Waals surface area (Å²) >= 11 is 0. The van der Waals surface area contributed by atoms with E-state index in [1.807, 2.05) is 89.8 Å². The van der Waals surface area contributed by atoms with Gasteiger partial charge >= 0.3 is 0 Å². The van der Waals surface area contributed by atoms with Crippen molar-refractivity contribution in [3.05, 3.63) is 108 Å². The van der Waals surface area contributed by atoms with Crippen LogP contribution in [0.4, 0.5) is 11.4 Å². The Morgan fingerprint density at radius 1 is 0.872 bits per heavy atom. The minimum Gasteiger partial charge on any atom is -0.489 e. The number of anilines is 2. The SMILES string of the molecule is O=C1c2ccc(N3CCOCC3)cc2CN1c1ccc2nc(-c3ccc(OCc4ccccc4)cc3)[nH]c2c1. The summed E-state index contributed by atoms with van der Waals surface area (Å²) < 4.78 is 11.4. The molecule has 5 aromatic rings. The van der Waals surface area contributed by atoms with E-state index in [9.17, 15) is 4.79 Å². The first-order chi connectivity index (χ1) is 19.2. The molecule has 0 bridgehead atoms. The van der Waals surface area contributed by atoms with Crippen LogP contribution in [0, 0.1) is 0 Å². The van der Waals surface area contributed by atoms with Gasteiger partial charge in [-0.3, -0.25) is 4.79 Å². The smallest absolute Gasteiger partial charge is 0.258 e. The second kappa shape index (κ2) is 9.93. The van der Waals surface area contributed by atoms with Crippen molar-refractivity contribution in [2.75, 3.05) is 36.1 Å². The van der Waals surface area contributed by atoms with E-state index in [0.29, 0.717) is 13.2 Å². The minimum absolute atomic E-state index is 0.0312. The molecule has 7 nitrogen and oxygen atoms in total. The predicted octanol–water partition coefficient (Wildman–Crippen LogP) is 5.81. The van der Waals surface area contributed by atoms with E-state index in [0.717, 1.165) is 82.5 Å². The fourth-order valence-corrected chi connectivity index (χ4v) is 5.29. The first kappa shape index (κ1) is 23.5. The van der Waals surface area contributed by atoms with Gasteiger partial charge in [-0.1, -0.05) is 30.3 Å². The highest BCUT2D eigenvalue weighted by molar-refractivity contribution is 6.10. The lowest BCUT2D eigenvalue weighted by molar-refractivity contribution is 0.0996. The number of carbonyl (C=O) groups excluding carboxylic acids is 1. The topological polar surface area (TPSA) is 70.7 Å². The van der Waals surface area contributed by atoms with Crippen LogP contribution in [0.1, 0.15) is 21.5 Å². The zero-order valence-corrected chi connectivity index (χ0v) is 21.5. The maximum absolute atomic E-state index is 13.3. The Kier molecular flexibility index (Phi) is 5.98. The zero-order valence-electron chi connectivity index (χ0n) is 21.5. The quantitative estimate of drug-likeness (QED) is 0.309. The number of nitrogens with one attached hydrogen (secondary N) is 1. The first-order valence-electron chi connectivity index (χ1n) is 13.3. The highest BCUT2D eigenvalue weighted by Crippen LogP contribution is 2.33. The van der Waals surface area contributed by atoms with Gasteiger partial charge in [0.25, 0.3) is 5.91 Å². The van der Waals surface area contributed by atoms with Crippen molar-refractivity contribution in [3.8, 4) is 17.1 Å². The van der Waals surface area contributed by atoms with Gasteiger partial charge in [-0.25, -0.2) is 4.98 Å². The summed E-state index contributed by atoms with van der Waals surface area (Å²) in [7, 11) is 0. The first-order valence-corrected chi connectivity index (χ1v) is 13.3. The Morgan fingerprint density at radius 2 is 1.67 bits per heavy atom. The lowest BCUT2D eigenvalue weighted by Gasteiger charge is -2.29. The van der Waals surface area contributed by atoms with Gasteiger partial charge in [0.05, 0.1) is 30.8 Å². The molecule has 1 N–H and O–H groups in total. The van der Waals surface area contributed by atoms with Crippen molar-refractivity contribution in [1.29, 1.82) is 0 Å². The lowest BCUT2D eigenvalue weighted by Crippen LogP contribution is -2.36. The van der Waals surface area contributed by atoms with Crippen LogP contribution in [-0.2, 0) is 17.9 Å². The number of imidazole rings is 1. The van der Waals surface area contributed by atoms with E-state index in [1.165, 1.54) is 0 Å². The largest absolute Gasteiger partial charge is 0.489 e. The average molecular weight is 517 g/mol. The number of hydrogen-bond acceptors (Lipinski definition) is 5. The molecule has 0 unspecified atom stereocenters. The molecule has 0 aliphatic carbocycles. The predicted molar refractivity (Wildman–Crippen MR) is 152 cm³/mol. The second-order valence-corrected chi connectivity index (χ2v) is 9.92. The zero-order chi connectivity index (χ0) is 26.2. The molecule has 1 fully saturated rings. The summed E-state index contributed by atoms with van der Waals surface area (Å²) in [5.41, 5.74) is 7.69. The van der Waals surface area contributed by atoms with Gasteiger partial charge < -0.3 is 24.3 Å². The van der Waals surface area contributed by atoms with Crippen LogP contribution in [0.5, 0.6) is 5.75 Å². The molecular weight excluding hydrogens is 488 g/mol. The number of morpholine rings is 1.